The van der Waals surface area contributed by atoms with Gasteiger partial charge in [0.2, 0.25) is 0 Å². The van der Waals surface area contributed by atoms with Crippen LogP contribution in [-0.4, -0.2) is 9.13 Å². The average molecular weight is 617 g/mol. The SMILES string of the molecule is c1ccc(-c2cccc(-c3ccc(-n4c5cccc(-c6ccccc6)c5c5c6cccc7c6n(c54)-c4ccccc4S7)cc3)c2)cc1. The van der Waals surface area contributed by atoms with Crippen LogP contribution in [0.15, 0.2) is 180 Å². The topological polar surface area (TPSA) is 9.86 Å². The van der Waals surface area contributed by atoms with Crippen molar-refractivity contribution in [3.05, 3.63) is 170 Å². The predicted molar refractivity (Wildman–Crippen MR) is 198 cm³/mol. The van der Waals surface area contributed by atoms with Crippen molar-refractivity contribution in [2.45, 2.75) is 9.79 Å². The summed E-state index contributed by atoms with van der Waals surface area (Å²) in [6.45, 7) is 0. The monoisotopic (exact) mass is 616 g/mol. The minimum Gasteiger partial charge on any atom is -0.295 e. The van der Waals surface area contributed by atoms with Crippen molar-refractivity contribution >= 4 is 44.6 Å². The van der Waals surface area contributed by atoms with Gasteiger partial charge in [-0.3, -0.25) is 9.13 Å². The quantitative estimate of drug-likeness (QED) is 0.191. The van der Waals surface area contributed by atoms with Gasteiger partial charge in [-0.05, 0) is 75.8 Å². The number of nitrogens with zero attached hydrogens (tertiary/aromatic N) is 2. The Bertz CT molecular complexity index is 2630. The number of hydrogen-bond donors (Lipinski definition) is 0. The van der Waals surface area contributed by atoms with Crippen LogP contribution in [0, 0.1) is 0 Å². The van der Waals surface area contributed by atoms with Crippen molar-refractivity contribution in [3.8, 4) is 44.8 Å². The van der Waals surface area contributed by atoms with Crippen LogP contribution < -0.4 is 0 Å². The van der Waals surface area contributed by atoms with Gasteiger partial charge >= 0.3 is 0 Å². The molecule has 0 N–H and O–H groups in total. The van der Waals surface area contributed by atoms with Gasteiger partial charge in [0, 0.05) is 31.6 Å². The van der Waals surface area contributed by atoms with E-state index in [0.717, 1.165) is 5.69 Å². The maximum Gasteiger partial charge on any atom is 0.131 e. The van der Waals surface area contributed by atoms with Crippen LogP contribution in [0.25, 0.3) is 77.6 Å². The molecule has 0 atom stereocenters. The van der Waals surface area contributed by atoms with E-state index in [1.165, 1.54) is 81.7 Å². The smallest absolute Gasteiger partial charge is 0.131 e. The molecule has 0 unspecified atom stereocenters. The first-order valence-corrected chi connectivity index (χ1v) is 16.8. The molecule has 0 aliphatic carbocycles. The first kappa shape index (κ1) is 26.4. The van der Waals surface area contributed by atoms with Crippen molar-refractivity contribution < 1.29 is 0 Å². The maximum absolute atomic E-state index is 2.51. The largest absolute Gasteiger partial charge is 0.295 e. The van der Waals surface area contributed by atoms with Gasteiger partial charge in [0.05, 0.1) is 16.7 Å². The molecular formula is C44H28N2S. The molecule has 3 heterocycles. The Balaban J connectivity index is 1.26. The minimum atomic E-state index is 1.15. The summed E-state index contributed by atoms with van der Waals surface area (Å²) in [6.07, 6.45) is 0. The fourth-order valence-corrected chi connectivity index (χ4v) is 8.54. The van der Waals surface area contributed by atoms with Gasteiger partial charge in [0.25, 0.3) is 0 Å². The summed E-state index contributed by atoms with van der Waals surface area (Å²) >= 11 is 1.87. The van der Waals surface area contributed by atoms with Crippen LogP contribution in [0.4, 0.5) is 0 Å². The van der Waals surface area contributed by atoms with Crippen LogP contribution in [-0.2, 0) is 0 Å². The standard InChI is InChI=1S/C44H28N2S/c1-3-12-29(13-4-1)32-16-9-17-33(28-32)30-24-26-34(27-25-30)45-38-21-10-18-35(31-14-5-2-6-15-31)41(38)42-36-19-11-23-40-43(36)46(44(42)45)37-20-7-8-22-39(37)47-40/h1-28H. The van der Waals surface area contributed by atoms with Crippen molar-refractivity contribution in [2.24, 2.45) is 0 Å². The molecule has 0 bridgehead atoms. The summed E-state index contributed by atoms with van der Waals surface area (Å²) in [5.74, 6) is 0. The van der Waals surface area contributed by atoms with Crippen LogP contribution in [0.2, 0.25) is 0 Å². The molecule has 47 heavy (non-hydrogen) atoms. The van der Waals surface area contributed by atoms with Gasteiger partial charge in [-0.1, -0.05) is 139 Å². The zero-order chi connectivity index (χ0) is 30.9. The van der Waals surface area contributed by atoms with Crippen LogP contribution >= 0.6 is 11.8 Å². The Labute approximate surface area is 277 Å². The summed E-state index contributed by atoms with van der Waals surface area (Å²) in [5, 5.41) is 3.88. The van der Waals surface area contributed by atoms with Crippen molar-refractivity contribution in [1.29, 1.82) is 0 Å². The van der Waals surface area contributed by atoms with Gasteiger partial charge in [-0.25, -0.2) is 0 Å². The highest BCUT2D eigenvalue weighted by Gasteiger charge is 2.28. The zero-order valence-corrected chi connectivity index (χ0v) is 26.3. The van der Waals surface area contributed by atoms with Gasteiger partial charge in [-0.15, -0.1) is 0 Å². The zero-order valence-electron chi connectivity index (χ0n) is 25.5. The Morgan fingerprint density at radius 2 is 1.02 bits per heavy atom. The fourth-order valence-electron chi connectivity index (χ4n) is 7.45. The lowest BCUT2D eigenvalue weighted by molar-refractivity contribution is 1.03. The summed E-state index contributed by atoms with van der Waals surface area (Å²) in [4.78, 5) is 2.57. The van der Waals surface area contributed by atoms with E-state index < -0.39 is 0 Å². The first-order chi connectivity index (χ1) is 23.3. The Morgan fingerprint density at radius 1 is 0.404 bits per heavy atom. The van der Waals surface area contributed by atoms with Crippen molar-refractivity contribution in [3.63, 3.8) is 0 Å². The third-order valence-corrected chi connectivity index (χ3v) is 10.6. The van der Waals surface area contributed by atoms with E-state index in [-0.39, 0.29) is 0 Å². The number of fused-ring (bicyclic) bond motifs is 7. The van der Waals surface area contributed by atoms with Crippen LogP contribution in [0.1, 0.15) is 0 Å². The van der Waals surface area contributed by atoms with E-state index in [1.807, 2.05) is 11.8 Å². The summed E-state index contributed by atoms with van der Waals surface area (Å²) in [7, 11) is 0. The Morgan fingerprint density at radius 3 is 1.81 bits per heavy atom. The van der Waals surface area contributed by atoms with Gasteiger partial charge < -0.3 is 0 Å². The molecule has 0 saturated heterocycles. The van der Waals surface area contributed by atoms with E-state index >= 15 is 0 Å². The van der Waals surface area contributed by atoms with E-state index in [2.05, 4.69) is 179 Å². The average Bonchev–Trinajstić information content (AvgIpc) is 3.67. The van der Waals surface area contributed by atoms with Crippen molar-refractivity contribution in [2.75, 3.05) is 0 Å². The highest BCUT2D eigenvalue weighted by Crippen LogP contribution is 2.50. The summed E-state index contributed by atoms with van der Waals surface area (Å²) in [6, 6.07) is 61.7. The lowest BCUT2D eigenvalue weighted by Crippen LogP contribution is -2.05. The number of rotatable bonds is 4. The molecule has 0 spiro atoms. The Hall–Kier alpha value is -5.77. The van der Waals surface area contributed by atoms with Gasteiger partial charge in [-0.2, -0.15) is 0 Å². The fraction of sp³-hybridized carbons (Fsp3) is 0. The Kier molecular flexibility index (Phi) is 5.84. The summed E-state index contributed by atoms with van der Waals surface area (Å²) in [5.41, 5.74) is 13.4. The highest BCUT2D eigenvalue weighted by atomic mass is 32.2. The van der Waals surface area contributed by atoms with Crippen LogP contribution in [0.3, 0.4) is 0 Å². The number of aromatic nitrogens is 2. The first-order valence-electron chi connectivity index (χ1n) is 16.0. The molecular weight excluding hydrogens is 589 g/mol. The molecule has 9 aromatic rings. The number of benzene rings is 7. The molecule has 0 radical (unpaired) electrons. The molecule has 1 aliphatic rings. The second-order valence-corrected chi connectivity index (χ2v) is 13.2. The van der Waals surface area contributed by atoms with E-state index in [1.54, 1.807) is 0 Å². The van der Waals surface area contributed by atoms with Gasteiger partial charge in [0.1, 0.15) is 5.65 Å². The van der Waals surface area contributed by atoms with E-state index in [0.29, 0.717) is 0 Å². The molecule has 3 heteroatoms. The predicted octanol–water partition coefficient (Wildman–Crippen LogP) is 12.2. The van der Waals surface area contributed by atoms with E-state index in [4.69, 9.17) is 0 Å². The normalized spacial score (nSPS) is 12.2. The lowest BCUT2D eigenvalue weighted by atomic mass is 9.99. The van der Waals surface area contributed by atoms with Crippen LogP contribution in [0.5, 0.6) is 0 Å². The summed E-state index contributed by atoms with van der Waals surface area (Å²) < 4.78 is 5.00. The lowest BCUT2D eigenvalue weighted by Gasteiger charge is -2.21. The molecule has 10 rings (SSSR count). The molecule has 2 aromatic heterocycles. The van der Waals surface area contributed by atoms with E-state index in [9.17, 15) is 0 Å². The van der Waals surface area contributed by atoms with Crippen molar-refractivity contribution in [1.82, 2.24) is 9.13 Å². The second kappa shape index (κ2) is 10.4. The maximum atomic E-state index is 2.51. The molecule has 0 fully saturated rings. The minimum absolute atomic E-state index is 1.15. The number of hydrogen-bond acceptors (Lipinski definition) is 1. The second-order valence-electron chi connectivity index (χ2n) is 12.2. The third-order valence-electron chi connectivity index (χ3n) is 9.51. The molecule has 0 amide bonds. The third kappa shape index (κ3) is 4.00. The molecule has 2 nitrogen and oxygen atoms in total. The number of para-hydroxylation sites is 2. The molecule has 1 aliphatic heterocycles. The van der Waals surface area contributed by atoms with Gasteiger partial charge in [0.15, 0.2) is 0 Å². The molecule has 0 saturated carbocycles. The molecule has 7 aromatic carbocycles. The highest BCUT2D eigenvalue weighted by molar-refractivity contribution is 7.99. The molecule has 220 valence electrons.